The normalized spacial score (nSPS) is 17.3. The summed E-state index contributed by atoms with van der Waals surface area (Å²) < 4.78 is 7.22. The van der Waals surface area contributed by atoms with Crippen molar-refractivity contribution < 1.29 is 9.53 Å². The molecule has 1 N–H and O–H groups in total. The van der Waals surface area contributed by atoms with E-state index in [1.165, 1.54) is 5.56 Å². The van der Waals surface area contributed by atoms with E-state index in [0.29, 0.717) is 19.0 Å². The predicted molar refractivity (Wildman–Crippen MR) is 122 cm³/mol. The highest BCUT2D eigenvalue weighted by atomic mass is 127. The number of nitrogens with one attached hydrogen (secondary N) is 1. The molecule has 1 aliphatic rings. The first-order chi connectivity index (χ1) is 12.7. The molecule has 1 atom stereocenters. The number of guanidine groups is 1. The lowest BCUT2D eigenvalue weighted by Crippen LogP contribution is -2.41. The highest BCUT2D eigenvalue weighted by Crippen LogP contribution is 2.26. The zero-order valence-corrected chi connectivity index (χ0v) is 20.3. The Hall–Kier alpha value is -1.52. The molecule has 0 aromatic carbocycles. The molecule has 1 unspecified atom stereocenters. The van der Waals surface area contributed by atoms with Crippen molar-refractivity contribution in [1.29, 1.82) is 0 Å². The third kappa shape index (κ3) is 7.48. The molecule has 1 saturated heterocycles. The molecule has 1 aliphatic heterocycles. The van der Waals surface area contributed by atoms with Crippen molar-refractivity contribution in [3.8, 4) is 0 Å². The summed E-state index contributed by atoms with van der Waals surface area (Å²) in [7, 11) is 3.69. The molecule has 0 aliphatic carbocycles. The fraction of sp³-hybridized carbons (Fsp3) is 0.737. The van der Waals surface area contributed by atoms with Gasteiger partial charge < -0.3 is 19.9 Å². The number of hydrogen-bond acceptors (Lipinski definition) is 4. The Kier molecular flexibility index (Phi) is 9.52. The van der Waals surface area contributed by atoms with Gasteiger partial charge in [-0.3, -0.25) is 9.67 Å². The van der Waals surface area contributed by atoms with Crippen molar-refractivity contribution in [3.05, 3.63) is 18.0 Å². The van der Waals surface area contributed by atoms with Gasteiger partial charge in [0.25, 0.3) is 0 Å². The van der Waals surface area contributed by atoms with Crippen molar-refractivity contribution >= 4 is 36.0 Å². The van der Waals surface area contributed by atoms with Crippen LogP contribution < -0.4 is 5.32 Å². The van der Waals surface area contributed by atoms with Crippen LogP contribution in [0.2, 0.25) is 0 Å². The molecule has 0 radical (unpaired) electrons. The number of likely N-dealkylation sites (N-methyl/N-ethyl adjacent to an activating group) is 1. The Morgan fingerprint density at radius 1 is 1.46 bits per heavy atom. The summed E-state index contributed by atoms with van der Waals surface area (Å²) >= 11 is 0. The van der Waals surface area contributed by atoms with E-state index < -0.39 is 5.60 Å². The first-order valence-corrected chi connectivity index (χ1v) is 9.65. The smallest absolute Gasteiger partial charge is 0.410 e. The summed E-state index contributed by atoms with van der Waals surface area (Å²) in [5, 5.41) is 7.64. The van der Waals surface area contributed by atoms with Crippen molar-refractivity contribution in [1.82, 2.24) is 24.9 Å². The third-order valence-electron chi connectivity index (χ3n) is 4.42. The second kappa shape index (κ2) is 10.9. The molecule has 0 saturated carbocycles. The minimum Gasteiger partial charge on any atom is -0.444 e. The average Bonchev–Trinajstić information content (AvgIpc) is 3.21. The molecule has 8 nitrogen and oxygen atoms in total. The summed E-state index contributed by atoms with van der Waals surface area (Å²) in [6.45, 7) is 11.4. The Bertz CT molecular complexity index is 655. The van der Waals surface area contributed by atoms with Gasteiger partial charge in [0, 0.05) is 52.4 Å². The second-order valence-electron chi connectivity index (χ2n) is 8.02. The minimum absolute atomic E-state index is 0. The number of aryl methyl sites for hydroxylation is 1. The Morgan fingerprint density at radius 2 is 2.18 bits per heavy atom. The highest BCUT2D eigenvalue weighted by Gasteiger charge is 2.27. The first-order valence-electron chi connectivity index (χ1n) is 9.65. The summed E-state index contributed by atoms with van der Waals surface area (Å²) in [5.74, 6) is 1.38. The number of aliphatic imine (C=N–C) groups is 1. The summed E-state index contributed by atoms with van der Waals surface area (Å²) in [6, 6.07) is 0. The van der Waals surface area contributed by atoms with E-state index in [1.807, 2.05) is 38.7 Å². The number of hydrogen-bond donors (Lipinski definition) is 1. The standard InChI is InChI=1S/C19H34N6O2.HI/c1-7-20-17(21-9-11-23(5)18(26)27-19(2,3)4)25-10-8-15(14-25)16-12-22-24(6)13-16;/h12-13,15H,7-11,14H2,1-6H3,(H,20,21);1H. The van der Waals surface area contributed by atoms with Crippen LogP contribution >= 0.6 is 24.0 Å². The maximum Gasteiger partial charge on any atom is 0.410 e. The van der Waals surface area contributed by atoms with Crippen LogP contribution in [0.5, 0.6) is 0 Å². The molecule has 9 heteroatoms. The largest absolute Gasteiger partial charge is 0.444 e. The molecular formula is C19H35IN6O2. The van der Waals surface area contributed by atoms with Crippen LogP contribution in [0, 0.1) is 0 Å². The van der Waals surface area contributed by atoms with Crippen LogP contribution in [-0.4, -0.2) is 77.0 Å². The molecule has 0 spiro atoms. The Labute approximate surface area is 185 Å². The van der Waals surface area contributed by atoms with E-state index in [-0.39, 0.29) is 30.1 Å². The van der Waals surface area contributed by atoms with Crippen molar-refractivity contribution in [2.24, 2.45) is 12.0 Å². The fourth-order valence-electron chi connectivity index (χ4n) is 3.04. The number of ether oxygens (including phenoxy) is 1. The first kappa shape index (κ1) is 24.5. The van der Waals surface area contributed by atoms with Crippen LogP contribution in [0.25, 0.3) is 0 Å². The quantitative estimate of drug-likeness (QED) is 0.378. The molecule has 1 fully saturated rings. The third-order valence-corrected chi connectivity index (χ3v) is 4.42. The van der Waals surface area contributed by atoms with Gasteiger partial charge in [-0.1, -0.05) is 0 Å². The van der Waals surface area contributed by atoms with Gasteiger partial charge in [0.1, 0.15) is 5.60 Å². The van der Waals surface area contributed by atoms with Crippen molar-refractivity contribution in [2.75, 3.05) is 39.8 Å². The van der Waals surface area contributed by atoms with Gasteiger partial charge in [0.15, 0.2) is 5.96 Å². The maximum atomic E-state index is 12.0. The summed E-state index contributed by atoms with van der Waals surface area (Å²) in [6.07, 6.45) is 4.82. The van der Waals surface area contributed by atoms with Crippen LogP contribution in [0.1, 0.15) is 45.6 Å². The Morgan fingerprint density at radius 3 is 2.75 bits per heavy atom. The van der Waals surface area contributed by atoms with Crippen LogP contribution in [0.3, 0.4) is 0 Å². The van der Waals surface area contributed by atoms with E-state index >= 15 is 0 Å². The number of halogens is 1. The summed E-state index contributed by atoms with van der Waals surface area (Å²) in [4.78, 5) is 20.6. The zero-order chi connectivity index (χ0) is 20.0. The van der Waals surface area contributed by atoms with Crippen molar-refractivity contribution in [2.45, 2.75) is 45.6 Å². The van der Waals surface area contributed by atoms with E-state index in [2.05, 4.69) is 28.4 Å². The van der Waals surface area contributed by atoms with E-state index in [9.17, 15) is 4.79 Å². The monoisotopic (exact) mass is 506 g/mol. The lowest BCUT2D eigenvalue weighted by atomic mass is 10.0. The molecule has 1 aromatic heterocycles. The van der Waals surface area contributed by atoms with Gasteiger partial charge >= 0.3 is 6.09 Å². The molecule has 0 bridgehead atoms. The van der Waals surface area contributed by atoms with Crippen LogP contribution in [-0.2, 0) is 11.8 Å². The number of rotatable bonds is 5. The molecule has 160 valence electrons. The van der Waals surface area contributed by atoms with Crippen LogP contribution in [0.4, 0.5) is 4.79 Å². The predicted octanol–water partition coefficient (Wildman–Crippen LogP) is 2.66. The van der Waals surface area contributed by atoms with Gasteiger partial charge in [-0.05, 0) is 39.7 Å². The SMILES string of the molecule is CCNC(=NCCN(C)C(=O)OC(C)(C)C)N1CCC(c2cnn(C)c2)C1.I. The number of carbonyl (C=O) groups excluding carboxylic acids is 1. The minimum atomic E-state index is -0.486. The lowest BCUT2D eigenvalue weighted by molar-refractivity contribution is 0.0304. The highest BCUT2D eigenvalue weighted by molar-refractivity contribution is 14.0. The molecule has 28 heavy (non-hydrogen) atoms. The average molecular weight is 506 g/mol. The maximum absolute atomic E-state index is 12.0. The zero-order valence-electron chi connectivity index (χ0n) is 17.9. The van der Waals surface area contributed by atoms with E-state index in [4.69, 9.17) is 9.73 Å². The fourth-order valence-corrected chi connectivity index (χ4v) is 3.04. The number of aromatic nitrogens is 2. The van der Waals surface area contributed by atoms with Gasteiger partial charge in [-0.2, -0.15) is 5.10 Å². The number of nitrogens with zero attached hydrogens (tertiary/aromatic N) is 5. The Balaban J connectivity index is 0.00000392. The molecule has 2 heterocycles. The number of amides is 1. The molecule has 1 amide bonds. The topological polar surface area (TPSA) is 75.0 Å². The van der Waals surface area contributed by atoms with Gasteiger partial charge in [-0.25, -0.2) is 4.79 Å². The molecule has 1 aromatic rings. The lowest BCUT2D eigenvalue weighted by Gasteiger charge is -2.25. The van der Waals surface area contributed by atoms with Crippen LogP contribution in [0.15, 0.2) is 17.4 Å². The van der Waals surface area contributed by atoms with E-state index in [0.717, 1.165) is 32.0 Å². The summed E-state index contributed by atoms with van der Waals surface area (Å²) in [5.41, 5.74) is 0.793. The molecular weight excluding hydrogens is 471 g/mol. The second-order valence-corrected chi connectivity index (χ2v) is 8.02. The van der Waals surface area contributed by atoms with Gasteiger partial charge in [0.2, 0.25) is 0 Å². The number of carbonyl (C=O) groups is 1. The molecule has 2 rings (SSSR count). The van der Waals surface area contributed by atoms with E-state index in [1.54, 1.807) is 11.9 Å². The van der Waals surface area contributed by atoms with Crippen molar-refractivity contribution in [3.63, 3.8) is 0 Å². The van der Waals surface area contributed by atoms with Gasteiger partial charge in [-0.15, -0.1) is 24.0 Å². The number of likely N-dealkylation sites (tertiary alicyclic amines) is 1. The van der Waals surface area contributed by atoms with Gasteiger partial charge in [0.05, 0.1) is 12.7 Å².